The highest BCUT2D eigenvalue weighted by Gasteiger charge is 2.13. The Bertz CT molecular complexity index is 953. The number of nitrogens with zero attached hydrogens (tertiary/aromatic N) is 2. The summed E-state index contributed by atoms with van der Waals surface area (Å²) in [7, 11) is 1.64. The summed E-state index contributed by atoms with van der Waals surface area (Å²) in [5.74, 6) is 0.942. The number of benzene rings is 2. The highest BCUT2D eigenvalue weighted by atomic mass is 35.5. The van der Waals surface area contributed by atoms with Gasteiger partial charge in [0.05, 0.1) is 24.8 Å². The summed E-state index contributed by atoms with van der Waals surface area (Å²) in [6, 6.07) is 14.8. The number of carbonyl (C=O) groups is 1. The molecule has 0 unspecified atom stereocenters. The third-order valence-corrected chi connectivity index (χ3v) is 5.22. The van der Waals surface area contributed by atoms with Crippen molar-refractivity contribution >= 4 is 35.0 Å². The van der Waals surface area contributed by atoms with Crippen molar-refractivity contribution in [1.29, 1.82) is 0 Å². The number of halogens is 1. The molecule has 0 aliphatic rings. The minimum atomic E-state index is -0.105. The first-order valence-corrected chi connectivity index (χ1v) is 9.96. The molecule has 1 heterocycles. The van der Waals surface area contributed by atoms with Crippen molar-refractivity contribution in [1.82, 2.24) is 9.55 Å². The van der Waals surface area contributed by atoms with E-state index in [4.69, 9.17) is 16.3 Å². The van der Waals surface area contributed by atoms with E-state index in [1.54, 1.807) is 31.4 Å². The first-order valence-electron chi connectivity index (χ1n) is 8.59. The predicted molar refractivity (Wildman–Crippen MR) is 115 cm³/mol. The fraction of sp³-hybridized carbons (Fsp3) is 0.143. The van der Waals surface area contributed by atoms with Gasteiger partial charge in [0.2, 0.25) is 5.91 Å². The third kappa shape index (κ3) is 4.97. The number of imidazole rings is 1. The number of anilines is 1. The number of rotatable bonds is 8. The molecule has 0 spiro atoms. The van der Waals surface area contributed by atoms with Crippen LogP contribution in [-0.2, 0) is 11.3 Å². The summed E-state index contributed by atoms with van der Waals surface area (Å²) in [5, 5.41) is 4.24. The molecule has 1 amide bonds. The molecule has 1 N–H and O–H groups in total. The van der Waals surface area contributed by atoms with E-state index in [9.17, 15) is 4.79 Å². The Hall–Kier alpha value is -2.70. The van der Waals surface area contributed by atoms with Gasteiger partial charge in [-0.1, -0.05) is 29.4 Å². The molecule has 0 bridgehead atoms. The van der Waals surface area contributed by atoms with E-state index in [-0.39, 0.29) is 11.7 Å². The Morgan fingerprint density at radius 2 is 1.96 bits per heavy atom. The first-order chi connectivity index (χ1) is 13.6. The summed E-state index contributed by atoms with van der Waals surface area (Å²) in [4.78, 5) is 16.7. The number of methoxy groups -OCH3 is 1. The quantitative estimate of drug-likeness (QED) is 0.411. The van der Waals surface area contributed by atoms with Gasteiger partial charge < -0.3 is 14.6 Å². The number of hydrogen-bond donors (Lipinski definition) is 1. The van der Waals surface area contributed by atoms with Crippen LogP contribution in [0.2, 0.25) is 5.02 Å². The van der Waals surface area contributed by atoms with Crippen LogP contribution in [0.15, 0.2) is 72.5 Å². The zero-order valence-corrected chi connectivity index (χ0v) is 17.0. The molecule has 1 aromatic heterocycles. The summed E-state index contributed by atoms with van der Waals surface area (Å²) in [6.45, 7) is 4.43. The lowest BCUT2D eigenvalue weighted by Crippen LogP contribution is -2.14. The Morgan fingerprint density at radius 3 is 2.61 bits per heavy atom. The zero-order valence-electron chi connectivity index (χ0n) is 15.4. The van der Waals surface area contributed by atoms with Gasteiger partial charge in [-0.15, -0.1) is 6.58 Å². The van der Waals surface area contributed by atoms with Gasteiger partial charge in [0.1, 0.15) is 5.75 Å². The Morgan fingerprint density at radius 1 is 1.25 bits per heavy atom. The van der Waals surface area contributed by atoms with E-state index in [0.717, 1.165) is 22.2 Å². The van der Waals surface area contributed by atoms with Crippen molar-refractivity contribution in [2.45, 2.75) is 11.7 Å². The van der Waals surface area contributed by atoms with Crippen molar-refractivity contribution < 1.29 is 9.53 Å². The minimum absolute atomic E-state index is 0.105. The largest absolute Gasteiger partial charge is 0.497 e. The van der Waals surface area contributed by atoms with E-state index >= 15 is 0 Å². The lowest BCUT2D eigenvalue weighted by molar-refractivity contribution is -0.113. The van der Waals surface area contributed by atoms with Crippen molar-refractivity contribution in [3.63, 3.8) is 0 Å². The minimum Gasteiger partial charge on any atom is -0.497 e. The highest BCUT2D eigenvalue weighted by molar-refractivity contribution is 7.99. The van der Waals surface area contributed by atoms with Gasteiger partial charge in [-0.3, -0.25) is 4.79 Å². The second-order valence-corrected chi connectivity index (χ2v) is 7.28. The topological polar surface area (TPSA) is 56.2 Å². The lowest BCUT2D eigenvalue weighted by Gasteiger charge is -2.10. The van der Waals surface area contributed by atoms with Gasteiger partial charge in [0.15, 0.2) is 5.16 Å². The maximum absolute atomic E-state index is 12.3. The van der Waals surface area contributed by atoms with Gasteiger partial charge in [0.25, 0.3) is 0 Å². The molecule has 0 radical (unpaired) electrons. The van der Waals surface area contributed by atoms with Gasteiger partial charge >= 0.3 is 0 Å². The summed E-state index contributed by atoms with van der Waals surface area (Å²) < 4.78 is 7.25. The van der Waals surface area contributed by atoms with Crippen LogP contribution in [0.1, 0.15) is 0 Å². The van der Waals surface area contributed by atoms with Crippen LogP contribution in [0.3, 0.4) is 0 Å². The molecule has 144 valence electrons. The Balaban J connectivity index is 1.70. The van der Waals surface area contributed by atoms with E-state index in [0.29, 0.717) is 17.3 Å². The predicted octanol–water partition coefficient (Wildman–Crippen LogP) is 5.13. The number of hydrogen-bond acceptors (Lipinski definition) is 4. The Labute approximate surface area is 173 Å². The molecule has 5 nitrogen and oxygen atoms in total. The highest BCUT2D eigenvalue weighted by Crippen LogP contribution is 2.28. The van der Waals surface area contributed by atoms with Crippen molar-refractivity contribution in [2.75, 3.05) is 18.2 Å². The number of carbonyl (C=O) groups excluding carboxylic acids is 1. The molecule has 0 aliphatic carbocycles. The smallest absolute Gasteiger partial charge is 0.234 e. The molecule has 2 aromatic carbocycles. The van der Waals surface area contributed by atoms with Crippen molar-refractivity contribution in [2.24, 2.45) is 0 Å². The van der Waals surface area contributed by atoms with E-state index in [1.807, 2.05) is 41.1 Å². The number of amides is 1. The van der Waals surface area contributed by atoms with Gasteiger partial charge in [-0.2, -0.15) is 0 Å². The molecule has 3 aromatic rings. The molecular weight excluding hydrogens is 394 g/mol. The number of thioether (sulfide) groups is 1. The SMILES string of the molecule is C=CCn1c(-c2ccc(OC)cc2)cnc1SCC(=O)Nc1ccc(Cl)cc1. The van der Waals surface area contributed by atoms with Crippen LogP contribution in [0.4, 0.5) is 5.69 Å². The van der Waals surface area contributed by atoms with E-state index in [1.165, 1.54) is 11.8 Å². The molecule has 7 heteroatoms. The van der Waals surface area contributed by atoms with Crippen LogP contribution in [0.5, 0.6) is 5.75 Å². The fourth-order valence-corrected chi connectivity index (χ4v) is 3.55. The van der Waals surface area contributed by atoms with Crippen molar-refractivity contribution in [3.8, 4) is 17.0 Å². The number of aromatic nitrogens is 2. The zero-order chi connectivity index (χ0) is 19.9. The third-order valence-electron chi connectivity index (χ3n) is 3.98. The van der Waals surface area contributed by atoms with Crippen LogP contribution < -0.4 is 10.1 Å². The van der Waals surface area contributed by atoms with Crippen LogP contribution in [-0.4, -0.2) is 28.3 Å². The average molecular weight is 414 g/mol. The fourth-order valence-electron chi connectivity index (χ4n) is 2.63. The van der Waals surface area contributed by atoms with E-state index in [2.05, 4.69) is 16.9 Å². The molecule has 0 atom stereocenters. The second-order valence-electron chi connectivity index (χ2n) is 5.90. The standard InChI is InChI=1S/C21H20ClN3O2S/c1-3-12-25-19(15-4-10-18(27-2)11-5-15)13-23-21(25)28-14-20(26)24-17-8-6-16(22)7-9-17/h3-11,13H,1,12,14H2,2H3,(H,24,26). The first kappa shape index (κ1) is 20.0. The lowest BCUT2D eigenvalue weighted by atomic mass is 10.1. The Kier molecular flexibility index (Phi) is 6.79. The molecule has 0 saturated heterocycles. The second kappa shape index (κ2) is 9.48. The molecule has 0 saturated carbocycles. The van der Waals surface area contributed by atoms with E-state index < -0.39 is 0 Å². The maximum Gasteiger partial charge on any atom is 0.234 e. The molecular formula is C21H20ClN3O2S. The number of allylic oxidation sites excluding steroid dienone is 1. The van der Waals surface area contributed by atoms with Gasteiger partial charge in [-0.05, 0) is 48.5 Å². The molecule has 28 heavy (non-hydrogen) atoms. The summed E-state index contributed by atoms with van der Waals surface area (Å²) >= 11 is 7.25. The molecule has 0 fully saturated rings. The maximum atomic E-state index is 12.3. The molecule has 3 rings (SSSR count). The van der Waals surface area contributed by atoms with Crippen LogP contribution >= 0.6 is 23.4 Å². The summed E-state index contributed by atoms with van der Waals surface area (Å²) in [5.41, 5.74) is 2.69. The number of nitrogens with one attached hydrogen (secondary N) is 1. The molecule has 0 aliphatic heterocycles. The normalized spacial score (nSPS) is 10.5. The average Bonchev–Trinajstić information content (AvgIpc) is 3.11. The monoisotopic (exact) mass is 413 g/mol. The van der Waals surface area contributed by atoms with Crippen LogP contribution in [0.25, 0.3) is 11.3 Å². The summed E-state index contributed by atoms with van der Waals surface area (Å²) in [6.07, 6.45) is 3.62. The van der Waals surface area contributed by atoms with Crippen molar-refractivity contribution in [3.05, 3.63) is 72.4 Å². The van der Waals surface area contributed by atoms with Crippen LogP contribution in [0, 0.1) is 0 Å². The number of ether oxygens (including phenoxy) is 1. The van der Waals surface area contributed by atoms with Gasteiger partial charge in [0, 0.05) is 22.8 Å². The van der Waals surface area contributed by atoms with Gasteiger partial charge in [-0.25, -0.2) is 4.98 Å².